The monoisotopic (exact) mass is 331 g/mol. The van der Waals surface area contributed by atoms with Crippen molar-refractivity contribution in [2.75, 3.05) is 26.2 Å². The number of hydrogen-bond donors (Lipinski definition) is 1. The van der Waals surface area contributed by atoms with Crippen LogP contribution in [0, 0.1) is 5.41 Å². The highest BCUT2D eigenvalue weighted by Crippen LogP contribution is 2.46. The van der Waals surface area contributed by atoms with Crippen LogP contribution in [-0.4, -0.2) is 75.0 Å². The number of likely N-dealkylation sites (N-methyl/N-ethyl adjacent to an activating group) is 1. The first-order valence-corrected chi connectivity index (χ1v) is 8.45. The Labute approximate surface area is 139 Å². The van der Waals surface area contributed by atoms with Crippen LogP contribution in [0.15, 0.2) is 12.3 Å². The second-order valence-corrected chi connectivity index (χ2v) is 6.98. The number of urea groups is 1. The Balaban J connectivity index is 1.43. The normalized spacial score (nSPS) is 25.7. The number of rotatable bonds is 2. The van der Waals surface area contributed by atoms with Gasteiger partial charge in [0.1, 0.15) is 11.7 Å². The highest BCUT2D eigenvalue weighted by atomic mass is 16.2. The zero-order valence-electron chi connectivity index (χ0n) is 13.7. The molecule has 4 amide bonds. The molecule has 3 aliphatic rings. The van der Waals surface area contributed by atoms with E-state index in [1.165, 1.54) is 4.90 Å². The van der Waals surface area contributed by atoms with E-state index in [2.05, 4.69) is 10.2 Å². The molecule has 24 heavy (non-hydrogen) atoms. The second kappa shape index (κ2) is 5.32. The highest BCUT2D eigenvalue weighted by molar-refractivity contribution is 6.04. The van der Waals surface area contributed by atoms with Gasteiger partial charge in [-0.15, -0.1) is 0 Å². The van der Waals surface area contributed by atoms with Gasteiger partial charge in [-0.25, -0.2) is 4.79 Å². The third kappa shape index (κ3) is 2.12. The minimum absolute atomic E-state index is 0.0272. The number of imide groups is 1. The van der Waals surface area contributed by atoms with Crippen molar-refractivity contribution in [3.8, 4) is 0 Å². The first-order valence-electron chi connectivity index (χ1n) is 8.45. The second-order valence-electron chi connectivity index (χ2n) is 6.98. The van der Waals surface area contributed by atoms with Gasteiger partial charge >= 0.3 is 6.03 Å². The molecule has 4 rings (SSSR count). The Morgan fingerprint density at radius 2 is 2.12 bits per heavy atom. The van der Waals surface area contributed by atoms with Gasteiger partial charge in [-0.1, -0.05) is 0 Å². The maximum atomic E-state index is 12.4. The first kappa shape index (κ1) is 15.2. The number of hydrogen-bond acceptors (Lipinski definition) is 4. The SMILES string of the molecule is CCN1C(=O)C2CC3(CCN(C(=O)c4ccn[nH]4)CC3)CN2C1=O. The summed E-state index contributed by atoms with van der Waals surface area (Å²) in [6.07, 6.45) is 3.94. The lowest BCUT2D eigenvalue weighted by Crippen LogP contribution is -2.45. The Bertz CT molecular complexity index is 652. The summed E-state index contributed by atoms with van der Waals surface area (Å²) in [5.41, 5.74) is 0.475. The van der Waals surface area contributed by atoms with Gasteiger partial charge in [0.15, 0.2) is 0 Å². The molecular weight excluding hydrogens is 310 g/mol. The van der Waals surface area contributed by atoms with Gasteiger partial charge in [-0.2, -0.15) is 5.10 Å². The molecule has 1 atom stereocenters. The lowest BCUT2D eigenvalue weighted by molar-refractivity contribution is -0.128. The van der Waals surface area contributed by atoms with Gasteiger partial charge in [0.25, 0.3) is 11.8 Å². The summed E-state index contributed by atoms with van der Waals surface area (Å²) < 4.78 is 0. The van der Waals surface area contributed by atoms with Crippen molar-refractivity contribution < 1.29 is 14.4 Å². The molecule has 0 saturated carbocycles. The van der Waals surface area contributed by atoms with Gasteiger partial charge in [-0.3, -0.25) is 19.6 Å². The third-order valence-electron chi connectivity index (χ3n) is 5.69. The average molecular weight is 331 g/mol. The lowest BCUT2D eigenvalue weighted by Gasteiger charge is -2.39. The largest absolute Gasteiger partial charge is 0.337 e. The van der Waals surface area contributed by atoms with Crippen molar-refractivity contribution in [3.63, 3.8) is 0 Å². The predicted molar refractivity (Wildman–Crippen MR) is 84.1 cm³/mol. The predicted octanol–water partition coefficient (Wildman–Crippen LogP) is 0.689. The van der Waals surface area contributed by atoms with Crippen LogP contribution in [0.3, 0.4) is 0 Å². The number of amides is 4. The summed E-state index contributed by atoms with van der Waals surface area (Å²) in [5, 5.41) is 6.53. The number of H-pyrrole nitrogens is 1. The molecule has 1 spiro atoms. The van der Waals surface area contributed by atoms with Gasteiger partial charge < -0.3 is 9.80 Å². The van der Waals surface area contributed by atoms with E-state index in [1.807, 2.05) is 11.8 Å². The van der Waals surface area contributed by atoms with Crippen molar-refractivity contribution in [3.05, 3.63) is 18.0 Å². The number of aromatic nitrogens is 2. The van der Waals surface area contributed by atoms with Crippen molar-refractivity contribution >= 4 is 17.8 Å². The molecule has 8 nitrogen and oxygen atoms in total. The molecule has 4 heterocycles. The van der Waals surface area contributed by atoms with E-state index in [1.54, 1.807) is 17.2 Å². The molecule has 1 aromatic rings. The summed E-state index contributed by atoms with van der Waals surface area (Å²) in [5.74, 6) is -0.0968. The molecule has 1 N–H and O–H groups in total. The van der Waals surface area contributed by atoms with Crippen LogP contribution in [0.4, 0.5) is 4.79 Å². The van der Waals surface area contributed by atoms with Crippen LogP contribution in [0.5, 0.6) is 0 Å². The van der Waals surface area contributed by atoms with E-state index in [9.17, 15) is 14.4 Å². The summed E-state index contributed by atoms with van der Waals surface area (Å²) in [7, 11) is 0. The zero-order chi connectivity index (χ0) is 16.9. The molecule has 8 heteroatoms. The van der Waals surface area contributed by atoms with Crippen LogP contribution in [0.1, 0.15) is 36.7 Å². The summed E-state index contributed by atoms with van der Waals surface area (Å²) in [6, 6.07) is 1.22. The molecule has 0 bridgehead atoms. The average Bonchev–Trinajstić information content (AvgIpc) is 3.27. The van der Waals surface area contributed by atoms with Crippen LogP contribution in [-0.2, 0) is 4.79 Å². The van der Waals surface area contributed by atoms with E-state index >= 15 is 0 Å². The van der Waals surface area contributed by atoms with Crippen LogP contribution in [0.2, 0.25) is 0 Å². The summed E-state index contributed by atoms with van der Waals surface area (Å²) in [6.45, 7) is 4.19. The number of piperidine rings is 1. The van der Waals surface area contributed by atoms with E-state index in [0.717, 1.165) is 19.3 Å². The van der Waals surface area contributed by atoms with Gasteiger partial charge in [-0.05, 0) is 37.7 Å². The number of carbonyl (C=O) groups is 3. The van der Waals surface area contributed by atoms with Crippen LogP contribution < -0.4 is 0 Å². The Morgan fingerprint density at radius 1 is 1.38 bits per heavy atom. The van der Waals surface area contributed by atoms with Gasteiger partial charge in [0.2, 0.25) is 0 Å². The Hall–Kier alpha value is -2.38. The maximum absolute atomic E-state index is 12.4. The first-order chi connectivity index (χ1) is 11.5. The van der Waals surface area contributed by atoms with Crippen molar-refractivity contribution in [2.45, 2.75) is 32.2 Å². The fraction of sp³-hybridized carbons (Fsp3) is 0.625. The Morgan fingerprint density at radius 3 is 2.71 bits per heavy atom. The molecule has 0 radical (unpaired) electrons. The molecule has 3 saturated heterocycles. The maximum Gasteiger partial charge on any atom is 0.327 e. The van der Waals surface area contributed by atoms with Crippen LogP contribution in [0.25, 0.3) is 0 Å². The third-order valence-corrected chi connectivity index (χ3v) is 5.69. The molecule has 0 aromatic carbocycles. The number of aromatic amines is 1. The van der Waals surface area contributed by atoms with Gasteiger partial charge in [0.05, 0.1) is 0 Å². The molecular formula is C16H21N5O3. The molecule has 3 aliphatic heterocycles. The standard InChI is InChI=1S/C16H21N5O3/c1-2-20-14(23)12-9-16(10-21(12)15(20)24)4-7-19(8-5-16)13(22)11-3-6-17-18-11/h3,6,12H,2,4-5,7-10H2,1H3,(H,17,18). The van der Waals surface area contributed by atoms with Crippen molar-refractivity contribution in [2.24, 2.45) is 5.41 Å². The Kier molecular flexibility index (Phi) is 3.36. The van der Waals surface area contributed by atoms with Gasteiger partial charge in [0, 0.05) is 32.4 Å². The smallest absolute Gasteiger partial charge is 0.327 e. The van der Waals surface area contributed by atoms with E-state index in [4.69, 9.17) is 0 Å². The van der Waals surface area contributed by atoms with E-state index in [0.29, 0.717) is 31.9 Å². The molecule has 0 aliphatic carbocycles. The quantitative estimate of drug-likeness (QED) is 0.807. The highest BCUT2D eigenvalue weighted by Gasteiger charge is 2.56. The van der Waals surface area contributed by atoms with Crippen molar-refractivity contribution in [1.82, 2.24) is 24.9 Å². The number of fused-ring (bicyclic) bond motifs is 1. The molecule has 128 valence electrons. The van der Waals surface area contributed by atoms with E-state index in [-0.39, 0.29) is 29.3 Å². The number of nitrogens with zero attached hydrogens (tertiary/aromatic N) is 4. The topological polar surface area (TPSA) is 89.6 Å². The zero-order valence-corrected chi connectivity index (χ0v) is 13.7. The molecule has 3 fully saturated rings. The fourth-order valence-corrected chi connectivity index (χ4v) is 4.29. The van der Waals surface area contributed by atoms with Crippen molar-refractivity contribution in [1.29, 1.82) is 0 Å². The number of likely N-dealkylation sites (tertiary alicyclic amines) is 1. The fourth-order valence-electron chi connectivity index (χ4n) is 4.29. The number of nitrogens with one attached hydrogen (secondary N) is 1. The lowest BCUT2D eigenvalue weighted by atomic mass is 9.76. The summed E-state index contributed by atoms with van der Waals surface area (Å²) >= 11 is 0. The minimum Gasteiger partial charge on any atom is -0.337 e. The van der Waals surface area contributed by atoms with E-state index < -0.39 is 0 Å². The summed E-state index contributed by atoms with van der Waals surface area (Å²) in [4.78, 5) is 42.0. The molecule has 1 aromatic heterocycles. The number of carbonyl (C=O) groups excluding carboxylic acids is 3. The minimum atomic E-state index is -0.299. The van der Waals surface area contributed by atoms with Crippen LogP contribution >= 0.6 is 0 Å². The molecule has 1 unspecified atom stereocenters.